The first-order chi connectivity index (χ1) is 9.75. The molecule has 0 spiro atoms. The van der Waals surface area contributed by atoms with Gasteiger partial charge in [-0.15, -0.1) is 11.8 Å². The Labute approximate surface area is 120 Å². The number of anilines is 1. The number of benzene rings is 1. The molecule has 0 bridgehead atoms. The van der Waals surface area contributed by atoms with Crippen LogP contribution in [0, 0.1) is 5.82 Å². The molecule has 1 N–H and O–H groups in total. The number of halogens is 1. The highest BCUT2D eigenvalue weighted by Crippen LogP contribution is 2.37. The van der Waals surface area contributed by atoms with Gasteiger partial charge in [-0.2, -0.15) is 0 Å². The Hall–Kier alpha value is -1.88. The summed E-state index contributed by atoms with van der Waals surface area (Å²) in [5, 5.41) is 2.36. The summed E-state index contributed by atoms with van der Waals surface area (Å²) in [5.74, 6) is 0.190. The molecule has 3 nitrogen and oxygen atoms in total. The van der Waals surface area contributed by atoms with E-state index in [2.05, 4.69) is 10.3 Å². The van der Waals surface area contributed by atoms with Crippen LogP contribution in [0.4, 0.5) is 10.1 Å². The third kappa shape index (κ3) is 2.54. The summed E-state index contributed by atoms with van der Waals surface area (Å²) in [7, 11) is 0. The fourth-order valence-electron chi connectivity index (χ4n) is 2.29. The molecule has 1 amide bonds. The second-order valence-corrected chi connectivity index (χ2v) is 5.76. The molecule has 0 radical (unpaired) electrons. The zero-order valence-corrected chi connectivity index (χ0v) is 11.5. The largest absolute Gasteiger partial charge is 0.322 e. The summed E-state index contributed by atoms with van der Waals surface area (Å²) in [5.41, 5.74) is 2.39. The van der Waals surface area contributed by atoms with Gasteiger partial charge in [0.25, 0.3) is 0 Å². The minimum absolute atomic E-state index is 0.175. The van der Waals surface area contributed by atoms with Gasteiger partial charge in [-0.05, 0) is 29.4 Å². The highest BCUT2D eigenvalue weighted by molar-refractivity contribution is 8.00. The van der Waals surface area contributed by atoms with Crippen LogP contribution in [0.3, 0.4) is 0 Å². The Kier molecular flexibility index (Phi) is 3.69. The number of carbonyl (C=O) groups excluding carboxylic acids is 1. The minimum Gasteiger partial charge on any atom is -0.322 e. The zero-order chi connectivity index (χ0) is 13.9. The molecule has 1 aliphatic rings. The van der Waals surface area contributed by atoms with Crippen LogP contribution in [0.15, 0.2) is 42.7 Å². The first-order valence-electron chi connectivity index (χ1n) is 6.35. The molecule has 1 aromatic heterocycles. The maximum atomic E-state index is 13.5. The standard InChI is InChI=1S/C15H13FN2OS/c16-12-9-17-7-5-13(12)18-15(19)14-11-4-2-1-3-10(11)6-8-20-14/h1-5,7,9,14H,6,8H2,(H,17,18,19)/t14-/m0/s1. The van der Waals surface area contributed by atoms with E-state index in [9.17, 15) is 9.18 Å². The normalized spacial score (nSPS) is 17.4. The number of thioether (sulfide) groups is 1. The number of aryl methyl sites for hydroxylation is 1. The SMILES string of the molecule is O=C(Nc1ccncc1F)[C@H]1SCCc2ccccc21. The molecule has 0 aliphatic carbocycles. The van der Waals surface area contributed by atoms with E-state index in [1.807, 2.05) is 24.3 Å². The molecule has 0 unspecified atom stereocenters. The Morgan fingerprint density at radius 1 is 1.35 bits per heavy atom. The lowest BCUT2D eigenvalue weighted by atomic mass is 10.0. The van der Waals surface area contributed by atoms with Crippen molar-refractivity contribution in [3.05, 3.63) is 59.7 Å². The highest BCUT2D eigenvalue weighted by atomic mass is 32.2. The minimum atomic E-state index is -0.519. The summed E-state index contributed by atoms with van der Waals surface area (Å²) in [6.07, 6.45) is 3.52. The number of amides is 1. The van der Waals surface area contributed by atoms with Gasteiger partial charge in [-0.3, -0.25) is 9.78 Å². The Balaban J connectivity index is 1.84. The molecule has 1 atom stereocenters. The lowest BCUT2D eigenvalue weighted by Gasteiger charge is -2.24. The fraction of sp³-hybridized carbons (Fsp3) is 0.200. The molecule has 5 heteroatoms. The fourth-order valence-corrected chi connectivity index (χ4v) is 3.48. The number of aromatic nitrogens is 1. The molecule has 2 aromatic rings. The smallest absolute Gasteiger partial charge is 0.242 e. The van der Waals surface area contributed by atoms with Crippen molar-refractivity contribution in [3.63, 3.8) is 0 Å². The summed E-state index contributed by atoms with van der Waals surface area (Å²) in [6.45, 7) is 0. The van der Waals surface area contributed by atoms with Gasteiger partial charge >= 0.3 is 0 Å². The molecule has 3 rings (SSSR count). The third-order valence-electron chi connectivity index (χ3n) is 3.26. The van der Waals surface area contributed by atoms with Gasteiger partial charge < -0.3 is 5.32 Å². The number of pyridine rings is 1. The first-order valence-corrected chi connectivity index (χ1v) is 7.40. The van der Waals surface area contributed by atoms with E-state index in [1.54, 1.807) is 11.8 Å². The van der Waals surface area contributed by atoms with E-state index in [-0.39, 0.29) is 16.8 Å². The summed E-state index contributed by atoms with van der Waals surface area (Å²) in [6, 6.07) is 9.38. The van der Waals surface area contributed by atoms with Crippen LogP contribution in [0.25, 0.3) is 0 Å². The monoisotopic (exact) mass is 288 g/mol. The Bertz CT molecular complexity index is 647. The molecule has 0 fully saturated rings. The van der Waals surface area contributed by atoms with Crippen LogP contribution in [0.2, 0.25) is 0 Å². The molecule has 0 saturated carbocycles. The molecule has 1 aliphatic heterocycles. The van der Waals surface area contributed by atoms with Crippen LogP contribution in [0.1, 0.15) is 16.4 Å². The van der Waals surface area contributed by atoms with Crippen LogP contribution >= 0.6 is 11.8 Å². The van der Waals surface area contributed by atoms with Crippen LogP contribution in [-0.2, 0) is 11.2 Å². The van der Waals surface area contributed by atoms with E-state index in [1.165, 1.54) is 17.8 Å². The Morgan fingerprint density at radius 2 is 2.20 bits per heavy atom. The van der Waals surface area contributed by atoms with E-state index in [4.69, 9.17) is 0 Å². The number of rotatable bonds is 2. The lowest BCUT2D eigenvalue weighted by molar-refractivity contribution is -0.115. The molecule has 2 heterocycles. The average molecular weight is 288 g/mol. The van der Waals surface area contributed by atoms with Crippen LogP contribution in [-0.4, -0.2) is 16.6 Å². The van der Waals surface area contributed by atoms with Gasteiger partial charge in [-0.1, -0.05) is 24.3 Å². The van der Waals surface area contributed by atoms with E-state index in [0.717, 1.165) is 23.9 Å². The number of hydrogen-bond acceptors (Lipinski definition) is 3. The number of fused-ring (bicyclic) bond motifs is 1. The van der Waals surface area contributed by atoms with Crippen molar-refractivity contribution in [1.82, 2.24) is 4.98 Å². The maximum Gasteiger partial charge on any atom is 0.242 e. The van der Waals surface area contributed by atoms with Crippen LogP contribution < -0.4 is 5.32 Å². The molecular weight excluding hydrogens is 275 g/mol. The van der Waals surface area contributed by atoms with Gasteiger partial charge in [0.15, 0.2) is 5.82 Å². The summed E-state index contributed by atoms with van der Waals surface area (Å²) in [4.78, 5) is 16.0. The van der Waals surface area contributed by atoms with Crippen molar-refractivity contribution >= 4 is 23.4 Å². The predicted molar refractivity (Wildman–Crippen MR) is 78.2 cm³/mol. The van der Waals surface area contributed by atoms with E-state index < -0.39 is 5.82 Å². The lowest BCUT2D eigenvalue weighted by Crippen LogP contribution is -2.23. The molecule has 20 heavy (non-hydrogen) atoms. The highest BCUT2D eigenvalue weighted by Gasteiger charge is 2.27. The van der Waals surface area contributed by atoms with Crippen molar-refractivity contribution in [2.24, 2.45) is 0 Å². The van der Waals surface area contributed by atoms with Crippen molar-refractivity contribution in [3.8, 4) is 0 Å². The van der Waals surface area contributed by atoms with Crippen molar-refractivity contribution in [2.75, 3.05) is 11.1 Å². The maximum absolute atomic E-state index is 13.5. The summed E-state index contributed by atoms with van der Waals surface area (Å²) < 4.78 is 13.5. The number of hydrogen-bond donors (Lipinski definition) is 1. The van der Waals surface area contributed by atoms with Gasteiger partial charge in [0.2, 0.25) is 5.91 Å². The van der Waals surface area contributed by atoms with Gasteiger partial charge in [-0.25, -0.2) is 4.39 Å². The third-order valence-corrected chi connectivity index (χ3v) is 4.50. The van der Waals surface area contributed by atoms with E-state index in [0.29, 0.717) is 0 Å². The average Bonchev–Trinajstić information content (AvgIpc) is 2.49. The summed E-state index contributed by atoms with van der Waals surface area (Å²) >= 11 is 1.59. The quantitative estimate of drug-likeness (QED) is 0.922. The van der Waals surface area contributed by atoms with Gasteiger partial charge in [0, 0.05) is 6.20 Å². The van der Waals surface area contributed by atoms with Crippen molar-refractivity contribution in [2.45, 2.75) is 11.7 Å². The number of carbonyl (C=O) groups is 1. The second kappa shape index (κ2) is 5.63. The second-order valence-electron chi connectivity index (χ2n) is 4.54. The number of nitrogens with one attached hydrogen (secondary N) is 1. The van der Waals surface area contributed by atoms with Crippen LogP contribution in [0.5, 0.6) is 0 Å². The molecular formula is C15H13FN2OS. The van der Waals surface area contributed by atoms with Gasteiger partial charge in [0.05, 0.1) is 11.9 Å². The first kappa shape index (κ1) is 13.1. The molecule has 1 aromatic carbocycles. The van der Waals surface area contributed by atoms with Gasteiger partial charge in [0.1, 0.15) is 5.25 Å². The van der Waals surface area contributed by atoms with Crippen molar-refractivity contribution < 1.29 is 9.18 Å². The number of nitrogens with zero attached hydrogens (tertiary/aromatic N) is 1. The van der Waals surface area contributed by atoms with Crippen molar-refractivity contribution in [1.29, 1.82) is 0 Å². The molecule has 0 saturated heterocycles. The van der Waals surface area contributed by atoms with E-state index >= 15 is 0 Å². The topological polar surface area (TPSA) is 42.0 Å². The predicted octanol–water partition coefficient (Wildman–Crippen LogP) is 3.19. The Morgan fingerprint density at radius 3 is 3.05 bits per heavy atom. The zero-order valence-electron chi connectivity index (χ0n) is 10.7. The molecule has 102 valence electrons.